The maximum absolute atomic E-state index is 15.5. The van der Waals surface area contributed by atoms with Gasteiger partial charge in [0, 0.05) is 47.7 Å². The number of aromatic nitrogens is 2. The lowest BCUT2D eigenvalue weighted by Crippen LogP contribution is -2.61. The zero-order chi connectivity index (χ0) is 54.9. The van der Waals surface area contributed by atoms with E-state index in [1.165, 1.54) is 28.9 Å². The van der Waals surface area contributed by atoms with Gasteiger partial charge in [-0.05, 0) is 67.7 Å². The number of ether oxygens (including phenoxy) is 4. The molecule has 0 saturated carbocycles. The van der Waals surface area contributed by atoms with E-state index in [0.29, 0.717) is 71.1 Å². The quantitative estimate of drug-likeness (QED) is 0.0202. The van der Waals surface area contributed by atoms with Crippen LogP contribution in [0.15, 0.2) is 29.1 Å². The minimum absolute atomic E-state index is 0.00305. The molecule has 0 unspecified atom stereocenters. The van der Waals surface area contributed by atoms with E-state index in [4.69, 9.17) is 23.9 Å². The Morgan fingerprint density at radius 1 is 0.947 bits per heavy atom. The highest BCUT2D eigenvalue weighted by Gasteiger charge is 2.47. The Bertz CT molecular complexity index is 2910. The highest BCUT2D eigenvalue weighted by molar-refractivity contribution is 6.12. The van der Waals surface area contributed by atoms with Gasteiger partial charge in [-0.25, -0.2) is 14.2 Å². The predicted molar refractivity (Wildman–Crippen MR) is 260 cm³/mol. The summed E-state index contributed by atoms with van der Waals surface area (Å²) in [6.07, 6.45) is -4.17. The lowest BCUT2D eigenvalue weighted by molar-refractivity contribution is -0.301. The SMILES string of the molecule is CC[C@@]1(O)C(=O)OCc2c1cc1n(c2=O)Cc2c-1nc1cc(F)c(C)c3c1c2[C@@H](NC(=O)COCNC(=O)[C@H](CO[C@@H]1O[C@H](CO)[C@H](O)[C@H](O)[C@H]1O)NC(=O)[C@@H](NC(=O)CCCCCN1C(=O)C=CC1=O)C(C)C)CC3. The van der Waals surface area contributed by atoms with Crippen LogP contribution in [0.4, 0.5) is 4.39 Å². The number of unbranched alkanes of at least 4 members (excludes halogenated alkanes) is 2. The molecule has 6 heterocycles. The number of halogens is 1. The molecule has 410 valence electrons. The molecule has 4 aliphatic heterocycles. The summed E-state index contributed by atoms with van der Waals surface area (Å²) < 4.78 is 38.7. The molecule has 2 aromatic heterocycles. The molecular formula is C51H62FN7O17. The third kappa shape index (κ3) is 10.9. The number of nitrogens with zero attached hydrogens (tertiary/aromatic N) is 3. The van der Waals surface area contributed by atoms with E-state index in [9.17, 15) is 63.9 Å². The van der Waals surface area contributed by atoms with Gasteiger partial charge in [0.1, 0.15) is 62.3 Å². The molecule has 0 radical (unpaired) electrons. The molecular weight excluding hydrogens is 1000 g/mol. The number of amides is 6. The summed E-state index contributed by atoms with van der Waals surface area (Å²) in [6.45, 7) is 3.68. The maximum Gasteiger partial charge on any atom is 0.343 e. The number of aliphatic hydroxyl groups is 5. The molecule has 0 bridgehead atoms. The van der Waals surface area contributed by atoms with Gasteiger partial charge in [-0.15, -0.1) is 0 Å². The molecule has 3 aromatic rings. The Morgan fingerprint density at radius 3 is 2.38 bits per heavy atom. The minimum Gasteiger partial charge on any atom is -0.458 e. The number of hydrogen-bond acceptors (Lipinski definition) is 18. The van der Waals surface area contributed by atoms with Crippen LogP contribution in [0.2, 0.25) is 0 Å². The summed E-state index contributed by atoms with van der Waals surface area (Å²) >= 11 is 0. The zero-order valence-corrected chi connectivity index (χ0v) is 42.3. The number of pyridine rings is 2. The van der Waals surface area contributed by atoms with E-state index >= 15 is 4.39 Å². The minimum atomic E-state index is -2.08. The number of benzene rings is 1. The molecule has 25 heteroatoms. The first-order chi connectivity index (χ1) is 36.2. The fraction of sp³-hybridized carbons (Fsp3) is 0.549. The average molecular weight is 1060 g/mol. The number of esters is 1. The number of cyclic esters (lactones) is 1. The normalized spacial score (nSPS) is 24.2. The fourth-order valence-electron chi connectivity index (χ4n) is 10.3. The van der Waals surface area contributed by atoms with E-state index in [1.807, 2.05) is 0 Å². The van der Waals surface area contributed by atoms with Crippen LogP contribution in [0, 0.1) is 18.7 Å². The van der Waals surface area contributed by atoms with Crippen molar-refractivity contribution in [2.45, 2.75) is 140 Å². The van der Waals surface area contributed by atoms with Crippen LogP contribution < -0.4 is 26.8 Å². The molecule has 9 atom stereocenters. The Labute approximate surface area is 433 Å². The molecule has 1 saturated heterocycles. The summed E-state index contributed by atoms with van der Waals surface area (Å²) in [5, 5.41) is 63.5. The van der Waals surface area contributed by atoms with Gasteiger partial charge in [-0.2, -0.15) is 0 Å². The lowest BCUT2D eigenvalue weighted by atomic mass is 9.81. The van der Waals surface area contributed by atoms with Crippen LogP contribution in [-0.2, 0) is 77.7 Å². The van der Waals surface area contributed by atoms with Crippen molar-refractivity contribution in [2.75, 3.05) is 33.1 Å². The van der Waals surface area contributed by atoms with Crippen LogP contribution in [0.5, 0.6) is 0 Å². The van der Waals surface area contributed by atoms with Gasteiger partial charge in [0.2, 0.25) is 23.6 Å². The average Bonchev–Trinajstić information content (AvgIpc) is 4.00. The molecule has 1 aliphatic carbocycles. The molecule has 1 aromatic carbocycles. The molecule has 24 nitrogen and oxygen atoms in total. The Balaban J connectivity index is 0.930. The van der Waals surface area contributed by atoms with E-state index < -0.39 is 140 Å². The van der Waals surface area contributed by atoms with Gasteiger partial charge in [-0.1, -0.05) is 27.2 Å². The second-order valence-corrected chi connectivity index (χ2v) is 19.9. The summed E-state index contributed by atoms with van der Waals surface area (Å²) in [5.41, 5.74) is 0.756. The fourth-order valence-corrected chi connectivity index (χ4v) is 10.3. The second-order valence-electron chi connectivity index (χ2n) is 19.9. The van der Waals surface area contributed by atoms with Gasteiger partial charge < -0.3 is 70.3 Å². The molecule has 5 aliphatic rings. The van der Waals surface area contributed by atoms with E-state index in [-0.39, 0.29) is 49.2 Å². The second kappa shape index (κ2) is 22.9. The van der Waals surface area contributed by atoms with Crippen molar-refractivity contribution < 1.29 is 82.4 Å². The molecule has 8 rings (SSSR count). The van der Waals surface area contributed by atoms with Crippen LogP contribution in [0.1, 0.15) is 98.7 Å². The number of carbonyl (C=O) groups is 7. The molecule has 1 fully saturated rings. The summed E-state index contributed by atoms with van der Waals surface area (Å²) in [5.74, 6) is -5.59. The monoisotopic (exact) mass is 1060 g/mol. The Kier molecular flexibility index (Phi) is 16.8. The number of aliphatic hydroxyl groups excluding tert-OH is 4. The van der Waals surface area contributed by atoms with Crippen molar-refractivity contribution in [3.8, 4) is 11.4 Å². The van der Waals surface area contributed by atoms with Gasteiger partial charge in [0.25, 0.3) is 17.4 Å². The number of aryl methyl sites for hydroxylation is 1. The van der Waals surface area contributed by atoms with Crippen molar-refractivity contribution in [1.82, 2.24) is 35.7 Å². The number of nitrogens with one attached hydrogen (secondary N) is 4. The highest BCUT2D eigenvalue weighted by atomic mass is 19.1. The summed E-state index contributed by atoms with van der Waals surface area (Å²) in [7, 11) is 0. The number of carbonyl (C=O) groups excluding carboxylic acids is 7. The summed E-state index contributed by atoms with van der Waals surface area (Å²) in [4.78, 5) is 111. The predicted octanol–water partition coefficient (Wildman–Crippen LogP) is -1.35. The van der Waals surface area contributed by atoms with Crippen molar-refractivity contribution in [2.24, 2.45) is 5.92 Å². The topological polar surface area (TPSA) is 344 Å². The van der Waals surface area contributed by atoms with Gasteiger partial charge >= 0.3 is 5.97 Å². The first-order valence-corrected chi connectivity index (χ1v) is 25.2. The highest BCUT2D eigenvalue weighted by Crippen LogP contribution is 2.46. The van der Waals surface area contributed by atoms with Crippen molar-refractivity contribution in [1.29, 1.82) is 0 Å². The number of hydrogen-bond donors (Lipinski definition) is 9. The van der Waals surface area contributed by atoms with Crippen molar-refractivity contribution in [3.05, 3.63) is 73.8 Å². The smallest absolute Gasteiger partial charge is 0.343 e. The van der Waals surface area contributed by atoms with E-state index in [1.54, 1.807) is 27.7 Å². The number of rotatable bonds is 21. The van der Waals surface area contributed by atoms with Crippen LogP contribution in [-0.4, -0.2) is 157 Å². The van der Waals surface area contributed by atoms with E-state index in [0.717, 1.165) is 4.90 Å². The third-order valence-corrected chi connectivity index (χ3v) is 14.7. The van der Waals surface area contributed by atoms with Gasteiger partial charge in [0.15, 0.2) is 11.9 Å². The molecule has 0 spiro atoms. The zero-order valence-electron chi connectivity index (χ0n) is 42.3. The summed E-state index contributed by atoms with van der Waals surface area (Å²) in [6, 6.07) is -0.660. The molecule has 9 N–H and O–H groups in total. The first-order valence-electron chi connectivity index (χ1n) is 25.2. The van der Waals surface area contributed by atoms with Gasteiger partial charge in [-0.3, -0.25) is 38.5 Å². The van der Waals surface area contributed by atoms with Crippen molar-refractivity contribution >= 4 is 52.3 Å². The van der Waals surface area contributed by atoms with Crippen LogP contribution in [0.25, 0.3) is 22.3 Å². The Morgan fingerprint density at radius 2 is 1.68 bits per heavy atom. The largest absolute Gasteiger partial charge is 0.458 e. The number of fused-ring (bicyclic) bond motifs is 5. The Hall–Kier alpha value is -6.58. The molecule has 76 heavy (non-hydrogen) atoms. The van der Waals surface area contributed by atoms with E-state index in [2.05, 4.69) is 21.3 Å². The van der Waals surface area contributed by atoms with Crippen molar-refractivity contribution in [3.63, 3.8) is 0 Å². The lowest BCUT2D eigenvalue weighted by Gasteiger charge is -2.40. The number of imide groups is 1. The molecule has 6 amide bonds. The third-order valence-electron chi connectivity index (χ3n) is 14.7. The maximum atomic E-state index is 15.5. The van der Waals surface area contributed by atoms with Gasteiger partial charge in [0.05, 0.1) is 48.3 Å². The standard InChI is InChI=1S/C51H62FN7O17/c1-5-51(72)28-15-33-42-26(17-59(33)48(70)27(28)19-75-50(51)71)40-30(11-10-25-24(4)29(52)16-31(55-42)39(25)40)54-36(62)21-73-22-53-46(68)32(20-74-49-45(67)44(66)43(65)34(18-60)76-49)56-47(69)41(23(2)3)57-35(61)9-7-6-8-14-58-37(63)12-13-38(58)64/h12-13,15-16,23,30,32,34,41,43-45,49,60,65-67,72H,5-11,14,17-22H2,1-4H3,(H,53,68)(H,54,62)(H,56,69)(H,57,61)/t30-,32-,34+,41-,43-,44-,45+,49+,51-/m0/s1. The van der Waals surface area contributed by atoms with Crippen LogP contribution in [0.3, 0.4) is 0 Å². The first kappa shape index (κ1) is 55.6. The van der Waals surface area contributed by atoms with Crippen LogP contribution >= 0.6 is 0 Å².